The summed E-state index contributed by atoms with van der Waals surface area (Å²) in [4.78, 5) is 17.6. The third-order valence-electron chi connectivity index (χ3n) is 5.00. The minimum absolute atomic E-state index is 0.140. The fourth-order valence-corrected chi connectivity index (χ4v) is 3.48. The molecular weight excluding hydrogens is 348 g/mol. The topological polar surface area (TPSA) is 53.9 Å². The van der Waals surface area contributed by atoms with Crippen LogP contribution in [0.25, 0.3) is 10.9 Å². The third kappa shape index (κ3) is 4.14. The van der Waals surface area contributed by atoms with Gasteiger partial charge in [0.25, 0.3) is 0 Å². The molecule has 0 bridgehead atoms. The largest absolute Gasteiger partial charge is 0.361 e. The molecule has 0 aliphatic heterocycles. The first-order valence-electron chi connectivity index (χ1n) is 9.53. The first kappa shape index (κ1) is 18.0. The number of nitrogens with one attached hydrogen (secondary N) is 1. The van der Waals surface area contributed by atoms with Crippen LogP contribution in [-0.4, -0.2) is 32.6 Å². The number of carbonyl (C=O) groups excluding carboxylic acids is 1. The Morgan fingerprint density at radius 2 is 1.86 bits per heavy atom. The average Bonchev–Trinajstić information content (AvgIpc) is 3.33. The summed E-state index contributed by atoms with van der Waals surface area (Å²) in [5, 5.41) is 5.61. The van der Waals surface area contributed by atoms with Crippen LogP contribution in [0.3, 0.4) is 0 Å². The van der Waals surface area contributed by atoms with Crippen molar-refractivity contribution in [3.05, 3.63) is 89.9 Å². The van der Waals surface area contributed by atoms with E-state index >= 15 is 0 Å². The Hall–Kier alpha value is -3.34. The van der Waals surface area contributed by atoms with Gasteiger partial charge in [0.05, 0.1) is 12.7 Å². The molecule has 2 aromatic carbocycles. The molecule has 0 spiro atoms. The summed E-state index contributed by atoms with van der Waals surface area (Å²) in [5.74, 6) is 0.140. The van der Waals surface area contributed by atoms with Gasteiger partial charge in [-0.05, 0) is 23.6 Å². The van der Waals surface area contributed by atoms with Gasteiger partial charge in [0.1, 0.15) is 0 Å². The van der Waals surface area contributed by atoms with Crippen molar-refractivity contribution in [1.29, 1.82) is 0 Å². The lowest BCUT2D eigenvalue weighted by Crippen LogP contribution is -2.26. The van der Waals surface area contributed by atoms with Crippen molar-refractivity contribution >= 4 is 16.8 Å². The standard InChI is InChI=1S/C23H24N4O/c1-26(15-19-13-25-27(17-19)16-18-7-3-2-4-8-18)23(28)12-11-20-14-24-22-10-6-5-9-21(20)22/h2-10,13-14,17,24H,11-12,15-16H2,1H3. The van der Waals surface area contributed by atoms with Crippen LogP contribution in [0.15, 0.2) is 73.2 Å². The highest BCUT2D eigenvalue weighted by atomic mass is 16.2. The van der Waals surface area contributed by atoms with Crippen LogP contribution in [0, 0.1) is 0 Å². The molecule has 0 saturated heterocycles. The minimum Gasteiger partial charge on any atom is -0.361 e. The number of rotatable bonds is 7. The highest BCUT2D eigenvalue weighted by Gasteiger charge is 2.12. The van der Waals surface area contributed by atoms with Gasteiger partial charge in [-0.15, -0.1) is 0 Å². The highest BCUT2D eigenvalue weighted by molar-refractivity contribution is 5.84. The third-order valence-corrected chi connectivity index (χ3v) is 5.00. The first-order valence-corrected chi connectivity index (χ1v) is 9.53. The van der Waals surface area contributed by atoms with Crippen LogP contribution in [0.2, 0.25) is 0 Å². The van der Waals surface area contributed by atoms with Gasteiger partial charge in [0, 0.05) is 48.9 Å². The maximum absolute atomic E-state index is 12.6. The molecular formula is C23H24N4O. The van der Waals surface area contributed by atoms with Gasteiger partial charge in [-0.1, -0.05) is 48.5 Å². The molecule has 0 atom stereocenters. The number of aromatic nitrogens is 3. The van der Waals surface area contributed by atoms with Gasteiger partial charge in [0.15, 0.2) is 0 Å². The van der Waals surface area contributed by atoms with Crippen LogP contribution in [0.5, 0.6) is 0 Å². The molecule has 0 aliphatic rings. The van der Waals surface area contributed by atoms with E-state index in [0.717, 1.165) is 24.0 Å². The molecule has 1 amide bonds. The molecule has 0 aliphatic carbocycles. The molecule has 2 heterocycles. The Kier molecular flexibility index (Phi) is 5.24. The Balaban J connectivity index is 1.32. The Morgan fingerprint density at radius 3 is 2.71 bits per heavy atom. The van der Waals surface area contributed by atoms with E-state index in [0.29, 0.717) is 13.0 Å². The summed E-state index contributed by atoms with van der Waals surface area (Å²) < 4.78 is 1.91. The van der Waals surface area contributed by atoms with Crippen molar-refractivity contribution in [3.63, 3.8) is 0 Å². The van der Waals surface area contributed by atoms with Crippen molar-refractivity contribution in [3.8, 4) is 0 Å². The maximum atomic E-state index is 12.6. The van der Waals surface area contributed by atoms with E-state index in [4.69, 9.17) is 0 Å². The smallest absolute Gasteiger partial charge is 0.222 e. The lowest BCUT2D eigenvalue weighted by atomic mass is 10.1. The number of nitrogens with zero attached hydrogens (tertiary/aromatic N) is 3. The number of carbonyl (C=O) groups is 1. The lowest BCUT2D eigenvalue weighted by Gasteiger charge is -2.16. The van der Waals surface area contributed by atoms with Crippen LogP contribution in [-0.2, 0) is 24.3 Å². The van der Waals surface area contributed by atoms with Crippen molar-refractivity contribution < 1.29 is 4.79 Å². The normalized spacial score (nSPS) is 11.0. The summed E-state index contributed by atoms with van der Waals surface area (Å²) in [5.41, 5.74) is 4.55. The maximum Gasteiger partial charge on any atom is 0.222 e. The molecule has 4 rings (SSSR count). The second-order valence-corrected chi connectivity index (χ2v) is 7.14. The monoisotopic (exact) mass is 372 g/mol. The molecule has 0 unspecified atom stereocenters. The zero-order valence-electron chi connectivity index (χ0n) is 16.0. The summed E-state index contributed by atoms with van der Waals surface area (Å²) in [6.07, 6.45) is 7.09. The number of fused-ring (bicyclic) bond motifs is 1. The number of benzene rings is 2. The molecule has 4 aromatic rings. The predicted molar refractivity (Wildman–Crippen MR) is 111 cm³/mol. The lowest BCUT2D eigenvalue weighted by molar-refractivity contribution is -0.130. The van der Waals surface area contributed by atoms with Gasteiger partial charge in [-0.3, -0.25) is 9.48 Å². The number of hydrogen-bond donors (Lipinski definition) is 1. The van der Waals surface area contributed by atoms with E-state index in [1.54, 1.807) is 4.90 Å². The minimum atomic E-state index is 0.140. The van der Waals surface area contributed by atoms with Gasteiger partial charge >= 0.3 is 0 Å². The van der Waals surface area contributed by atoms with Crippen molar-refractivity contribution in [2.75, 3.05) is 7.05 Å². The van der Waals surface area contributed by atoms with E-state index < -0.39 is 0 Å². The molecule has 2 aromatic heterocycles. The van der Waals surface area contributed by atoms with Crippen molar-refractivity contribution in [1.82, 2.24) is 19.7 Å². The molecule has 5 nitrogen and oxygen atoms in total. The van der Waals surface area contributed by atoms with Crippen LogP contribution in [0.1, 0.15) is 23.1 Å². The highest BCUT2D eigenvalue weighted by Crippen LogP contribution is 2.19. The first-order chi connectivity index (χ1) is 13.7. The molecule has 0 radical (unpaired) electrons. The summed E-state index contributed by atoms with van der Waals surface area (Å²) >= 11 is 0. The molecule has 1 N–H and O–H groups in total. The van der Waals surface area contributed by atoms with E-state index in [9.17, 15) is 4.79 Å². The van der Waals surface area contributed by atoms with Crippen molar-refractivity contribution in [2.24, 2.45) is 0 Å². The van der Waals surface area contributed by atoms with Crippen molar-refractivity contribution in [2.45, 2.75) is 25.9 Å². The fourth-order valence-electron chi connectivity index (χ4n) is 3.48. The van der Waals surface area contributed by atoms with Gasteiger partial charge in [0.2, 0.25) is 5.91 Å². The molecule has 5 heteroatoms. The summed E-state index contributed by atoms with van der Waals surface area (Å²) in [6, 6.07) is 18.4. The number of H-pyrrole nitrogens is 1. The Bertz CT molecular complexity index is 1060. The number of aryl methyl sites for hydroxylation is 1. The van der Waals surface area contributed by atoms with E-state index in [1.807, 2.05) is 60.7 Å². The van der Waals surface area contributed by atoms with Crippen LogP contribution < -0.4 is 0 Å². The SMILES string of the molecule is CN(Cc1cnn(Cc2ccccc2)c1)C(=O)CCc1c[nH]c2ccccc12. The zero-order valence-corrected chi connectivity index (χ0v) is 16.0. The molecule has 28 heavy (non-hydrogen) atoms. The number of hydrogen-bond acceptors (Lipinski definition) is 2. The fraction of sp³-hybridized carbons (Fsp3) is 0.217. The van der Waals surface area contributed by atoms with Gasteiger partial charge in [-0.2, -0.15) is 5.10 Å². The quantitative estimate of drug-likeness (QED) is 0.533. The summed E-state index contributed by atoms with van der Waals surface area (Å²) in [7, 11) is 1.85. The van der Waals surface area contributed by atoms with E-state index in [1.165, 1.54) is 16.5 Å². The second-order valence-electron chi connectivity index (χ2n) is 7.14. The van der Waals surface area contributed by atoms with E-state index in [2.05, 4.69) is 34.3 Å². The Labute approximate surface area is 164 Å². The predicted octanol–water partition coefficient (Wildman–Crippen LogP) is 4.00. The number of aromatic amines is 1. The molecule has 0 fully saturated rings. The van der Waals surface area contributed by atoms with Crippen LogP contribution >= 0.6 is 0 Å². The number of para-hydroxylation sites is 1. The zero-order chi connectivity index (χ0) is 19.3. The number of amides is 1. The summed E-state index contributed by atoms with van der Waals surface area (Å²) in [6.45, 7) is 1.31. The van der Waals surface area contributed by atoms with Crippen LogP contribution in [0.4, 0.5) is 0 Å². The van der Waals surface area contributed by atoms with Gasteiger partial charge in [-0.25, -0.2) is 0 Å². The Morgan fingerprint density at radius 1 is 1.07 bits per heavy atom. The second kappa shape index (κ2) is 8.13. The average molecular weight is 372 g/mol. The molecule has 0 saturated carbocycles. The van der Waals surface area contributed by atoms with E-state index in [-0.39, 0.29) is 5.91 Å². The van der Waals surface area contributed by atoms with Gasteiger partial charge < -0.3 is 9.88 Å². The molecule has 142 valence electrons.